The number of para-hydroxylation sites is 1. The summed E-state index contributed by atoms with van der Waals surface area (Å²) in [5.74, 6) is -0.0939. The molecule has 0 spiro atoms. The van der Waals surface area contributed by atoms with Crippen molar-refractivity contribution >= 4 is 17.3 Å². The lowest BCUT2D eigenvalue weighted by Crippen LogP contribution is -2.46. The van der Waals surface area contributed by atoms with E-state index in [0.29, 0.717) is 5.69 Å². The number of amides is 1. The van der Waals surface area contributed by atoms with Gasteiger partial charge in [0, 0.05) is 38.9 Å². The van der Waals surface area contributed by atoms with Crippen LogP contribution in [-0.4, -0.2) is 55.6 Å². The molecule has 1 aliphatic rings. The van der Waals surface area contributed by atoms with Crippen molar-refractivity contribution in [1.29, 1.82) is 0 Å². The highest BCUT2D eigenvalue weighted by molar-refractivity contribution is 6.04. The van der Waals surface area contributed by atoms with Gasteiger partial charge < -0.3 is 14.7 Å². The number of pyridine rings is 1. The van der Waals surface area contributed by atoms with Crippen molar-refractivity contribution in [3.8, 4) is 0 Å². The standard InChI is InChI=1S/C19H24N4O/c1-3-22-11-13-23(14-12-22)17-9-10-18(20-15-17)19(24)21(2)16-7-5-4-6-8-16/h4-10,15H,3,11-14H2,1-2H3. The van der Waals surface area contributed by atoms with Crippen LogP contribution in [0.5, 0.6) is 0 Å². The highest BCUT2D eigenvalue weighted by Crippen LogP contribution is 2.18. The third-order valence-electron chi connectivity index (χ3n) is 4.60. The normalized spacial score (nSPS) is 15.3. The van der Waals surface area contributed by atoms with Gasteiger partial charge in [0.25, 0.3) is 5.91 Å². The predicted octanol–water partition coefficient (Wildman–Crippen LogP) is 2.50. The van der Waals surface area contributed by atoms with E-state index in [9.17, 15) is 4.79 Å². The molecule has 1 saturated heterocycles. The zero-order valence-electron chi connectivity index (χ0n) is 14.4. The molecule has 1 aliphatic heterocycles. The highest BCUT2D eigenvalue weighted by Gasteiger charge is 2.18. The summed E-state index contributed by atoms with van der Waals surface area (Å²) in [4.78, 5) is 23.3. The number of aromatic nitrogens is 1. The molecule has 126 valence electrons. The van der Waals surface area contributed by atoms with E-state index in [1.807, 2.05) is 48.7 Å². The molecule has 0 N–H and O–H groups in total. The van der Waals surface area contributed by atoms with Gasteiger partial charge in [-0.3, -0.25) is 4.79 Å². The molecule has 1 aromatic heterocycles. The van der Waals surface area contributed by atoms with E-state index in [1.54, 1.807) is 11.9 Å². The van der Waals surface area contributed by atoms with Crippen LogP contribution in [0, 0.1) is 0 Å². The van der Waals surface area contributed by atoms with Crippen molar-refractivity contribution in [2.75, 3.05) is 49.6 Å². The number of likely N-dealkylation sites (N-methyl/N-ethyl adjacent to an activating group) is 1. The van der Waals surface area contributed by atoms with Gasteiger partial charge >= 0.3 is 0 Å². The summed E-state index contributed by atoms with van der Waals surface area (Å²) in [5, 5.41) is 0. The van der Waals surface area contributed by atoms with Gasteiger partial charge in [-0.05, 0) is 30.8 Å². The Morgan fingerprint density at radius 3 is 2.38 bits per heavy atom. The summed E-state index contributed by atoms with van der Waals surface area (Å²) in [7, 11) is 1.78. The summed E-state index contributed by atoms with van der Waals surface area (Å²) < 4.78 is 0. The van der Waals surface area contributed by atoms with Crippen LogP contribution in [0.3, 0.4) is 0 Å². The Hall–Kier alpha value is -2.40. The smallest absolute Gasteiger partial charge is 0.276 e. The van der Waals surface area contributed by atoms with Gasteiger partial charge in [0.2, 0.25) is 0 Å². The number of carbonyl (C=O) groups excluding carboxylic acids is 1. The zero-order chi connectivity index (χ0) is 16.9. The van der Waals surface area contributed by atoms with Crippen molar-refractivity contribution in [2.24, 2.45) is 0 Å². The predicted molar refractivity (Wildman–Crippen MR) is 97.7 cm³/mol. The molecule has 0 atom stereocenters. The lowest BCUT2D eigenvalue weighted by Gasteiger charge is -2.35. The fourth-order valence-electron chi connectivity index (χ4n) is 2.96. The van der Waals surface area contributed by atoms with Gasteiger partial charge in [-0.2, -0.15) is 0 Å². The molecule has 1 aromatic carbocycles. The van der Waals surface area contributed by atoms with Crippen molar-refractivity contribution in [3.63, 3.8) is 0 Å². The molecule has 5 nitrogen and oxygen atoms in total. The molecule has 0 radical (unpaired) electrons. The number of rotatable bonds is 4. The molecule has 3 rings (SSSR count). The number of hydrogen-bond donors (Lipinski definition) is 0. The lowest BCUT2D eigenvalue weighted by molar-refractivity contribution is 0.0988. The van der Waals surface area contributed by atoms with E-state index in [1.165, 1.54) is 0 Å². The van der Waals surface area contributed by atoms with E-state index in [0.717, 1.165) is 44.1 Å². The fraction of sp³-hybridized carbons (Fsp3) is 0.368. The molecule has 0 saturated carbocycles. The molecular weight excluding hydrogens is 300 g/mol. The van der Waals surface area contributed by atoms with Crippen LogP contribution in [-0.2, 0) is 0 Å². The Balaban J connectivity index is 1.67. The molecule has 1 amide bonds. The van der Waals surface area contributed by atoms with E-state index < -0.39 is 0 Å². The minimum atomic E-state index is -0.0939. The SMILES string of the molecule is CCN1CCN(c2ccc(C(=O)N(C)c3ccccc3)nc2)CC1. The first kappa shape index (κ1) is 16.5. The summed E-state index contributed by atoms with van der Waals surface area (Å²) in [6.07, 6.45) is 1.81. The Morgan fingerprint density at radius 2 is 1.79 bits per heavy atom. The molecule has 5 heteroatoms. The first-order valence-corrected chi connectivity index (χ1v) is 8.45. The average Bonchev–Trinajstić information content (AvgIpc) is 2.68. The molecular formula is C19H24N4O. The van der Waals surface area contributed by atoms with Crippen LogP contribution in [0.4, 0.5) is 11.4 Å². The minimum Gasteiger partial charge on any atom is -0.368 e. The summed E-state index contributed by atoms with van der Waals surface area (Å²) in [6.45, 7) is 7.47. The third kappa shape index (κ3) is 3.57. The molecule has 1 fully saturated rings. The Morgan fingerprint density at radius 1 is 1.08 bits per heavy atom. The highest BCUT2D eigenvalue weighted by atomic mass is 16.2. The Bertz CT molecular complexity index is 664. The molecule has 0 unspecified atom stereocenters. The average molecular weight is 324 g/mol. The monoisotopic (exact) mass is 324 g/mol. The van der Waals surface area contributed by atoms with Gasteiger partial charge in [0.05, 0.1) is 11.9 Å². The van der Waals surface area contributed by atoms with Crippen LogP contribution in [0.25, 0.3) is 0 Å². The fourth-order valence-corrected chi connectivity index (χ4v) is 2.96. The number of anilines is 2. The van der Waals surface area contributed by atoms with Crippen molar-refractivity contribution in [1.82, 2.24) is 9.88 Å². The van der Waals surface area contributed by atoms with E-state index in [-0.39, 0.29) is 5.91 Å². The Labute approximate surface area is 143 Å². The number of piperazine rings is 1. The second-order valence-electron chi connectivity index (χ2n) is 6.02. The maximum absolute atomic E-state index is 12.6. The van der Waals surface area contributed by atoms with Crippen LogP contribution < -0.4 is 9.80 Å². The van der Waals surface area contributed by atoms with Crippen LogP contribution in [0.2, 0.25) is 0 Å². The number of hydrogen-bond acceptors (Lipinski definition) is 4. The van der Waals surface area contributed by atoms with Crippen LogP contribution >= 0.6 is 0 Å². The Kier molecular flexibility index (Phi) is 5.11. The lowest BCUT2D eigenvalue weighted by atomic mass is 10.2. The number of nitrogens with zero attached hydrogens (tertiary/aromatic N) is 4. The van der Waals surface area contributed by atoms with Gasteiger partial charge in [0.15, 0.2) is 0 Å². The van der Waals surface area contributed by atoms with E-state index >= 15 is 0 Å². The first-order valence-electron chi connectivity index (χ1n) is 8.45. The molecule has 0 bridgehead atoms. The van der Waals surface area contributed by atoms with Gasteiger partial charge in [-0.1, -0.05) is 25.1 Å². The second-order valence-corrected chi connectivity index (χ2v) is 6.02. The van der Waals surface area contributed by atoms with Gasteiger partial charge in [-0.15, -0.1) is 0 Å². The van der Waals surface area contributed by atoms with Crippen molar-refractivity contribution < 1.29 is 4.79 Å². The summed E-state index contributed by atoms with van der Waals surface area (Å²) >= 11 is 0. The van der Waals surface area contributed by atoms with Crippen molar-refractivity contribution in [3.05, 3.63) is 54.4 Å². The third-order valence-corrected chi connectivity index (χ3v) is 4.60. The van der Waals surface area contributed by atoms with Crippen molar-refractivity contribution in [2.45, 2.75) is 6.92 Å². The molecule has 0 aliphatic carbocycles. The maximum Gasteiger partial charge on any atom is 0.276 e. The molecule has 2 aromatic rings. The largest absolute Gasteiger partial charge is 0.368 e. The van der Waals surface area contributed by atoms with Gasteiger partial charge in [0.1, 0.15) is 5.69 Å². The molecule has 24 heavy (non-hydrogen) atoms. The quantitative estimate of drug-likeness (QED) is 0.866. The number of carbonyl (C=O) groups is 1. The summed E-state index contributed by atoms with van der Waals surface area (Å²) in [5.41, 5.74) is 2.42. The second kappa shape index (κ2) is 7.45. The minimum absolute atomic E-state index is 0.0939. The topological polar surface area (TPSA) is 39.7 Å². The summed E-state index contributed by atoms with van der Waals surface area (Å²) in [6, 6.07) is 13.4. The zero-order valence-corrected chi connectivity index (χ0v) is 14.4. The maximum atomic E-state index is 12.6. The number of benzene rings is 1. The van der Waals surface area contributed by atoms with E-state index in [2.05, 4.69) is 21.7 Å². The first-order chi connectivity index (χ1) is 11.7. The van der Waals surface area contributed by atoms with Gasteiger partial charge in [-0.25, -0.2) is 4.98 Å². The van der Waals surface area contributed by atoms with Crippen LogP contribution in [0.15, 0.2) is 48.7 Å². The van der Waals surface area contributed by atoms with Crippen LogP contribution in [0.1, 0.15) is 17.4 Å². The molecule has 2 heterocycles. The van der Waals surface area contributed by atoms with E-state index in [4.69, 9.17) is 0 Å².